The molecule has 1 aromatic carbocycles. The maximum absolute atomic E-state index is 5.75. The first-order valence-corrected chi connectivity index (χ1v) is 9.53. The molecule has 2 rings (SSSR count). The molecule has 1 unspecified atom stereocenters. The molecule has 27 heavy (non-hydrogen) atoms. The molecule has 0 amide bonds. The Morgan fingerprint density at radius 3 is 2.44 bits per heavy atom. The van der Waals surface area contributed by atoms with E-state index in [4.69, 9.17) is 4.74 Å². The fraction of sp³-hybridized carbons (Fsp3) is 0.550. The molecule has 0 aliphatic carbocycles. The number of benzene rings is 1. The molecule has 0 saturated heterocycles. The van der Waals surface area contributed by atoms with E-state index < -0.39 is 0 Å². The lowest BCUT2D eigenvalue weighted by Gasteiger charge is -2.18. The molecule has 148 valence electrons. The van der Waals surface area contributed by atoms with Crippen molar-refractivity contribution < 1.29 is 4.74 Å². The predicted molar refractivity (Wildman–Crippen MR) is 109 cm³/mol. The maximum atomic E-state index is 5.75. The lowest BCUT2D eigenvalue weighted by atomic mass is 10.1. The van der Waals surface area contributed by atoms with Crippen LogP contribution in [0.1, 0.15) is 50.9 Å². The summed E-state index contributed by atoms with van der Waals surface area (Å²) in [6.45, 7) is 12.4. The van der Waals surface area contributed by atoms with Gasteiger partial charge >= 0.3 is 0 Å². The van der Waals surface area contributed by atoms with Crippen LogP contribution in [0, 0.1) is 12.8 Å². The quantitative estimate of drug-likeness (QED) is 0.550. The number of hydrogen-bond donors (Lipinski definition) is 2. The van der Waals surface area contributed by atoms with Crippen molar-refractivity contribution in [3.8, 4) is 5.75 Å². The SMILES string of the molecule is CCNC(=NCc1nnc(C)n1C)NC(C)c1ccc(OCC(C)C)cc1. The largest absolute Gasteiger partial charge is 0.493 e. The summed E-state index contributed by atoms with van der Waals surface area (Å²) in [4.78, 5) is 4.64. The van der Waals surface area contributed by atoms with Crippen LogP contribution in [0.25, 0.3) is 0 Å². The Balaban J connectivity index is 2.00. The topological polar surface area (TPSA) is 76.4 Å². The van der Waals surface area contributed by atoms with E-state index in [0.717, 1.165) is 36.5 Å². The zero-order valence-electron chi connectivity index (χ0n) is 17.3. The van der Waals surface area contributed by atoms with Crippen LogP contribution in [-0.4, -0.2) is 33.9 Å². The number of nitrogens with one attached hydrogen (secondary N) is 2. The van der Waals surface area contributed by atoms with E-state index in [0.29, 0.717) is 12.5 Å². The van der Waals surface area contributed by atoms with Crippen LogP contribution in [0.2, 0.25) is 0 Å². The average Bonchev–Trinajstić information content (AvgIpc) is 2.97. The minimum absolute atomic E-state index is 0.114. The van der Waals surface area contributed by atoms with Gasteiger partial charge in [-0.3, -0.25) is 0 Å². The number of ether oxygens (including phenoxy) is 1. The van der Waals surface area contributed by atoms with Crippen LogP contribution >= 0.6 is 0 Å². The van der Waals surface area contributed by atoms with E-state index in [1.54, 1.807) is 0 Å². The number of rotatable bonds is 8. The van der Waals surface area contributed by atoms with Crippen molar-refractivity contribution in [2.75, 3.05) is 13.2 Å². The number of hydrogen-bond acceptors (Lipinski definition) is 4. The van der Waals surface area contributed by atoms with Gasteiger partial charge in [0.15, 0.2) is 11.8 Å². The van der Waals surface area contributed by atoms with Crippen LogP contribution in [0.15, 0.2) is 29.3 Å². The Kier molecular flexibility index (Phi) is 7.64. The summed E-state index contributed by atoms with van der Waals surface area (Å²) >= 11 is 0. The van der Waals surface area contributed by atoms with Gasteiger partial charge in [-0.15, -0.1) is 10.2 Å². The van der Waals surface area contributed by atoms with Crippen LogP contribution < -0.4 is 15.4 Å². The van der Waals surface area contributed by atoms with Crippen molar-refractivity contribution in [1.29, 1.82) is 0 Å². The highest BCUT2D eigenvalue weighted by Crippen LogP contribution is 2.18. The summed E-state index contributed by atoms with van der Waals surface area (Å²) < 4.78 is 7.70. The highest BCUT2D eigenvalue weighted by molar-refractivity contribution is 5.80. The second-order valence-electron chi connectivity index (χ2n) is 7.06. The van der Waals surface area contributed by atoms with Crippen LogP contribution in [0.3, 0.4) is 0 Å². The van der Waals surface area contributed by atoms with Crippen LogP contribution in [-0.2, 0) is 13.6 Å². The molecule has 0 radical (unpaired) electrons. The highest BCUT2D eigenvalue weighted by Gasteiger charge is 2.10. The molecule has 1 heterocycles. The van der Waals surface area contributed by atoms with E-state index >= 15 is 0 Å². The molecule has 0 fully saturated rings. The summed E-state index contributed by atoms with van der Waals surface area (Å²) in [5.74, 6) is 3.89. The van der Waals surface area contributed by atoms with Crippen molar-refractivity contribution in [1.82, 2.24) is 25.4 Å². The molecule has 2 N–H and O–H groups in total. The average molecular weight is 373 g/mol. The third-order valence-electron chi connectivity index (χ3n) is 4.22. The van der Waals surface area contributed by atoms with E-state index in [9.17, 15) is 0 Å². The van der Waals surface area contributed by atoms with Gasteiger partial charge < -0.3 is 19.9 Å². The first-order valence-electron chi connectivity index (χ1n) is 9.53. The van der Waals surface area contributed by atoms with Gasteiger partial charge in [-0.1, -0.05) is 26.0 Å². The Hall–Kier alpha value is -2.57. The second-order valence-corrected chi connectivity index (χ2v) is 7.06. The predicted octanol–water partition coefficient (Wildman–Crippen LogP) is 2.97. The van der Waals surface area contributed by atoms with E-state index in [-0.39, 0.29) is 6.04 Å². The Bertz CT molecular complexity index is 735. The summed E-state index contributed by atoms with van der Waals surface area (Å²) in [7, 11) is 1.95. The molecular weight excluding hydrogens is 340 g/mol. The van der Waals surface area contributed by atoms with Crippen molar-refractivity contribution in [2.24, 2.45) is 18.0 Å². The van der Waals surface area contributed by atoms with Gasteiger partial charge in [0, 0.05) is 13.6 Å². The molecule has 2 aromatic rings. The number of aliphatic imine (C=N–C) groups is 1. The fourth-order valence-corrected chi connectivity index (χ4v) is 2.46. The van der Waals surface area contributed by atoms with Crippen LogP contribution in [0.4, 0.5) is 0 Å². The van der Waals surface area contributed by atoms with Gasteiger partial charge in [0.05, 0.1) is 12.6 Å². The van der Waals surface area contributed by atoms with Gasteiger partial charge in [-0.05, 0) is 44.4 Å². The lowest BCUT2D eigenvalue weighted by Crippen LogP contribution is -2.38. The monoisotopic (exact) mass is 372 g/mol. The molecule has 0 aliphatic heterocycles. The lowest BCUT2D eigenvalue weighted by molar-refractivity contribution is 0.271. The molecule has 7 heteroatoms. The van der Waals surface area contributed by atoms with Crippen LogP contribution in [0.5, 0.6) is 5.75 Å². The highest BCUT2D eigenvalue weighted by atomic mass is 16.5. The normalized spacial score (nSPS) is 12.9. The molecule has 1 atom stereocenters. The van der Waals surface area contributed by atoms with Gasteiger partial charge in [0.1, 0.15) is 18.1 Å². The number of aryl methyl sites for hydroxylation is 1. The third kappa shape index (κ3) is 6.27. The molecule has 0 saturated carbocycles. The van der Waals surface area contributed by atoms with E-state index in [1.165, 1.54) is 5.56 Å². The first kappa shape index (κ1) is 20.7. The zero-order chi connectivity index (χ0) is 19.8. The minimum Gasteiger partial charge on any atom is -0.493 e. The molecule has 7 nitrogen and oxygen atoms in total. The summed E-state index contributed by atoms with van der Waals surface area (Å²) in [5, 5.41) is 15.0. The van der Waals surface area contributed by atoms with Crippen molar-refractivity contribution in [3.63, 3.8) is 0 Å². The summed E-state index contributed by atoms with van der Waals surface area (Å²) in [6.07, 6.45) is 0. The Morgan fingerprint density at radius 1 is 1.19 bits per heavy atom. The van der Waals surface area contributed by atoms with E-state index in [2.05, 4.69) is 65.7 Å². The Morgan fingerprint density at radius 2 is 1.89 bits per heavy atom. The smallest absolute Gasteiger partial charge is 0.192 e. The van der Waals surface area contributed by atoms with Gasteiger partial charge in [0.25, 0.3) is 0 Å². The maximum Gasteiger partial charge on any atom is 0.192 e. The van der Waals surface area contributed by atoms with Crippen molar-refractivity contribution >= 4 is 5.96 Å². The Labute approximate surface area is 162 Å². The summed E-state index contributed by atoms with van der Waals surface area (Å²) in [6, 6.07) is 8.32. The molecule has 1 aromatic heterocycles. The molecular formula is C20H32N6O. The second kappa shape index (κ2) is 9.94. The van der Waals surface area contributed by atoms with E-state index in [1.807, 2.05) is 30.7 Å². The number of nitrogens with zero attached hydrogens (tertiary/aromatic N) is 4. The first-order chi connectivity index (χ1) is 12.9. The number of guanidine groups is 1. The molecule has 0 aliphatic rings. The summed E-state index contributed by atoms with van der Waals surface area (Å²) in [5.41, 5.74) is 1.17. The third-order valence-corrected chi connectivity index (χ3v) is 4.22. The van der Waals surface area contributed by atoms with Crippen molar-refractivity contribution in [3.05, 3.63) is 41.5 Å². The van der Waals surface area contributed by atoms with Gasteiger partial charge in [-0.2, -0.15) is 0 Å². The minimum atomic E-state index is 0.114. The molecule has 0 bridgehead atoms. The fourth-order valence-electron chi connectivity index (χ4n) is 2.46. The zero-order valence-corrected chi connectivity index (χ0v) is 17.3. The van der Waals surface area contributed by atoms with Gasteiger partial charge in [-0.25, -0.2) is 4.99 Å². The van der Waals surface area contributed by atoms with Gasteiger partial charge in [0.2, 0.25) is 0 Å². The standard InChI is InChI=1S/C20H32N6O/c1-7-21-20(22-12-19-25-24-16(5)26(19)6)23-15(4)17-8-10-18(11-9-17)27-13-14(2)3/h8-11,14-15H,7,12-13H2,1-6H3,(H2,21,22,23). The molecule has 0 spiro atoms. The van der Waals surface area contributed by atoms with Crippen molar-refractivity contribution in [2.45, 2.75) is 47.2 Å². The number of aromatic nitrogens is 3.